The Morgan fingerprint density at radius 3 is 2.83 bits per heavy atom. The Labute approximate surface area is 138 Å². The minimum absolute atomic E-state index is 0.158. The van der Waals surface area contributed by atoms with Crippen molar-refractivity contribution in [2.24, 2.45) is 0 Å². The van der Waals surface area contributed by atoms with Crippen LogP contribution in [0.5, 0.6) is 0 Å². The van der Waals surface area contributed by atoms with Crippen LogP contribution in [-0.4, -0.2) is 53.4 Å². The third-order valence-corrected chi connectivity index (χ3v) is 3.82. The number of hydrogen-bond donors (Lipinski definition) is 1. The largest absolute Gasteiger partial charge is 0.366 e. The Hall–Kier alpha value is -2.32. The molecule has 1 aromatic carbocycles. The number of halogens is 2. The third kappa shape index (κ3) is 3.60. The van der Waals surface area contributed by atoms with Crippen molar-refractivity contribution in [2.75, 3.05) is 26.7 Å². The average molecular weight is 336 g/mol. The number of para-hydroxylation sites is 1. The van der Waals surface area contributed by atoms with Gasteiger partial charge in [-0.3, -0.25) is 4.79 Å². The molecule has 0 aliphatic carbocycles. The number of carbonyl (C=O) groups excluding carboxylic acids is 1. The normalized spacial score (nSPS) is 18.5. The molecule has 0 spiro atoms. The Morgan fingerprint density at radius 2 is 2.12 bits per heavy atom. The highest BCUT2D eigenvalue weighted by molar-refractivity contribution is 5.81. The molecule has 3 rings (SSSR count). The highest BCUT2D eigenvalue weighted by atomic mass is 19.1. The van der Waals surface area contributed by atoms with Crippen LogP contribution < -0.4 is 5.32 Å². The highest BCUT2D eigenvalue weighted by Gasteiger charge is 2.24. The molecule has 1 aliphatic heterocycles. The molecule has 2 heterocycles. The maximum atomic E-state index is 13.7. The van der Waals surface area contributed by atoms with Crippen molar-refractivity contribution in [2.45, 2.75) is 12.6 Å². The van der Waals surface area contributed by atoms with Crippen LogP contribution in [0.25, 0.3) is 5.69 Å². The molecule has 0 radical (unpaired) electrons. The van der Waals surface area contributed by atoms with E-state index in [-0.39, 0.29) is 18.1 Å². The molecule has 8 heteroatoms. The summed E-state index contributed by atoms with van der Waals surface area (Å²) < 4.78 is 34.0. The molecule has 2 aromatic rings. The Bertz CT molecular complexity index is 714. The zero-order chi connectivity index (χ0) is 17.1. The number of benzene rings is 1. The molecule has 128 valence electrons. The lowest BCUT2D eigenvalue weighted by Crippen LogP contribution is -2.48. The smallest absolute Gasteiger partial charge is 0.250 e. The minimum Gasteiger partial charge on any atom is -0.366 e. The van der Waals surface area contributed by atoms with Gasteiger partial charge in [0.25, 0.3) is 5.91 Å². The van der Waals surface area contributed by atoms with Gasteiger partial charge in [-0.05, 0) is 25.2 Å². The number of nitrogens with zero attached hydrogens (tertiary/aromatic N) is 3. The summed E-state index contributed by atoms with van der Waals surface area (Å²) in [6, 6.07) is 5.22. The molecule has 1 amide bonds. The van der Waals surface area contributed by atoms with E-state index >= 15 is 0 Å². The predicted molar refractivity (Wildman–Crippen MR) is 82.6 cm³/mol. The first-order valence-electron chi connectivity index (χ1n) is 7.61. The molecule has 0 unspecified atom stereocenters. The number of likely N-dealkylation sites (N-methyl/N-ethyl adjacent to an activating group) is 1. The zero-order valence-corrected chi connectivity index (χ0v) is 13.2. The van der Waals surface area contributed by atoms with Gasteiger partial charge in [-0.2, -0.15) is 5.10 Å². The summed E-state index contributed by atoms with van der Waals surface area (Å²) in [4.78, 5) is 14.1. The number of hydrogen-bond acceptors (Lipinski definition) is 4. The molecule has 0 saturated carbocycles. The fraction of sp³-hybridized carbons (Fsp3) is 0.375. The van der Waals surface area contributed by atoms with E-state index in [1.165, 1.54) is 24.4 Å². The monoisotopic (exact) mass is 336 g/mol. The average Bonchev–Trinajstić information content (AvgIpc) is 3.01. The van der Waals surface area contributed by atoms with Crippen LogP contribution in [0.1, 0.15) is 5.69 Å². The van der Waals surface area contributed by atoms with Gasteiger partial charge in [0.15, 0.2) is 11.6 Å². The number of rotatable bonds is 4. The Kier molecular flexibility index (Phi) is 4.86. The lowest BCUT2D eigenvalue weighted by Gasteiger charge is -2.28. The summed E-state index contributed by atoms with van der Waals surface area (Å²) in [5.41, 5.74) is 0.252. The first kappa shape index (κ1) is 16.5. The molecule has 1 aromatic heterocycles. The van der Waals surface area contributed by atoms with Crippen LogP contribution >= 0.6 is 0 Å². The second-order valence-corrected chi connectivity index (χ2v) is 5.66. The molecule has 0 bridgehead atoms. The minimum atomic E-state index is -0.702. The van der Waals surface area contributed by atoms with Crippen LogP contribution in [0.3, 0.4) is 0 Å². The number of carbonyl (C=O) groups is 1. The van der Waals surface area contributed by atoms with E-state index in [4.69, 9.17) is 4.74 Å². The number of amides is 1. The van der Waals surface area contributed by atoms with Crippen LogP contribution in [0.4, 0.5) is 8.78 Å². The second-order valence-electron chi connectivity index (χ2n) is 5.66. The molecule has 6 nitrogen and oxygen atoms in total. The lowest BCUT2D eigenvalue weighted by atomic mass is 10.2. The van der Waals surface area contributed by atoms with E-state index < -0.39 is 17.7 Å². The van der Waals surface area contributed by atoms with Crippen LogP contribution in [0, 0.1) is 11.6 Å². The molecular formula is C16H18F2N4O2. The zero-order valence-electron chi connectivity index (χ0n) is 13.2. The van der Waals surface area contributed by atoms with Gasteiger partial charge in [0.2, 0.25) is 0 Å². The van der Waals surface area contributed by atoms with E-state index in [0.29, 0.717) is 18.8 Å². The van der Waals surface area contributed by atoms with Gasteiger partial charge in [0.1, 0.15) is 11.8 Å². The first-order chi connectivity index (χ1) is 11.5. The highest BCUT2D eigenvalue weighted by Crippen LogP contribution is 2.16. The number of nitrogens with one attached hydrogen (secondary N) is 1. The van der Waals surface area contributed by atoms with Crippen LogP contribution in [0.2, 0.25) is 0 Å². The van der Waals surface area contributed by atoms with Crippen molar-refractivity contribution in [3.8, 4) is 5.69 Å². The molecule has 1 atom stereocenters. The molecular weight excluding hydrogens is 318 g/mol. The SMILES string of the molecule is CN1CCO[C@H](C(=O)NCc2ccn(-c3c(F)cccc3F)n2)C1. The Morgan fingerprint density at radius 1 is 1.38 bits per heavy atom. The van der Waals surface area contributed by atoms with Crippen LogP contribution in [0.15, 0.2) is 30.5 Å². The summed E-state index contributed by atoms with van der Waals surface area (Å²) in [6.07, 6.45) is 0.934. The summed E-state index contributed by atoms with van der Waals surface area (Å²) in [6.45, 7) is 1.99. The van der Waals surface area contributed by atoms with E-state index in [1.54, 1.807) is 6.07 Å². The van der Waals surface area contributed by atoms with Gasteiger partial charge in [0.05, 0.1) is 18.8 Å². The van der Waals surface area contributed by atoms with E-state index in [2.05, 4.69) is 10.4 Å². The molecule has 1 aliphatic rings. The van der Waals surface area contributed by atoms with E-state index in [0.717, 1.165) is 11.2 Å². The van der Waals surface area contributed by atoms with Crippen molar-refractivity contribution in [3.05, 3.63) is 47.8 Å². The molecule has 1 N–H and O–H groups in total. The van der Waals surface area contributed by atoms with Gasteiger partial charge < -0.3 is 15.0 Å². The summed E-state index contributed by atoms with van der Waals surface area (Å²) in [5.74, 6) is -1.63. The topological polar surface area (TPSA) is 59.4 Å². The van der Waals surface area contributed by atoms with Crippen molar-refractivity contribution < 1.29 is 18.3 Å². The predicted octanol–water partition coefficient (Wildman–Crippen LogP) is 1.10. The number of ether oxygens (including phenoxy) is 1. The molecule has 1 fully saturated rings. The first-order valence-corrected chi connectivity index (χ1v) is 7.61. The third-order valence-electron chi connectivity index (χ3n) is 3.82. The van der Waals surface area contributed by atoms with Crippen molar-refractivity contribution in [1.29, 1.82) is 0 Å². The van der Waals surface area contributed by atoms with E-state index in [9.17, 15) is 13.6 Å². The van der Waals surface area contributed by atoms with Crippen molar-refractivity contribution in [3.63, 3.8) is 0 Å². The lowest BCUT2D eigenvalue weighted by molar-refractivity contribution is -0.138. The quantitative estimate of drug-likeness (QED) is 0.908. The van der Waals surface area contributed by atoms with Gasteiger partial charge in [-0.25, -0.2) is 13.5 Å². The number of morpholine rings is 1. The van der Waals surface area contributed by atoms with Gasteiger partial charge in [0, 0.05) is 19.3 Å². The second kappa shape index (κ2) is 7.06. The fourth-order valence-corrected chi connectivity index (χ4v) is 2.52. The molecule has 24 heavy (non-hydrogen) atoms. The fourth-order valence-electron chi connectivity index (χ4n) is 2.52. The van der Waals surface area contributed by atoms with Crippen molar-refractivity contribution in [1.82, 2.24) is 20.0 Å². The summed E-state index contributed by atoms with van der Waals surface area (Å²) in [5, 5.41) is 6.83. The summed E-state index contributed by atoms with van der Waals surface area (Å²) >= 11 is 0. The maximum absolute atomic E-state index is 13.7. The van der Waals surface area contributed by atoms with Gasteiger partial charge >= 0.3 is 0 Å². The Balaban J connectivity index is 1.63. The standard InChI is InChI=1S/C16H18F2N4O2/c1-21-7-8-24-14(10-21)16(23)19-9-11-5-6-22(20-11)15-12(17)3-2-4-13(15)18/h2-6,14H,7-10H2,1H3,(H,19,23)/t14-/m0/s1. The summed E-state index contributed by atoms with van der Waals surface area (Å²) in [7, 11) is 1.92. The maximum Gasteiger partial charge on any atom is 0.250 e. The van der Waals surface area contributed by atoms with Gasteiger partial charge in [-0.15, -0.1) is 0 Å². The number of aromatic nitrogens is 2. The molecule has 1 saturated heterocycles. The van der Waals surface area contributed by atoms with E-state index in [1.807, 2.05) is 11.9 Å². The van der Waals surface area contributed by atoms with Gasteiger partial charge in [-0.1, -0.05) is 6.07 Å². The van der Waals surface area contributed by atoms with Crippen molar-refractivity contribution >= 4 is 5.91 Å². The van der Waals surface area contributed by atoms with Crippen LogP contribution in [-0.2, 0) is 16.1 Å².